The third-order valence-corrected chi connectivity index (χ3v) is 6.51. The van der Waals surface area contributed by atoms with E-state index in [-0.39, 0.29) is 24.1 Å². The summed E-state index contributed by atoms with van der Waals surface area (Å²) < 4.78 is 0. The van der Waals surface area contributed by atoms with Gasteiger partial charge in [0.1, 0.15) is 6.04 Å². The lowest BCUT2D eigenvalue weighted by atomic mass is 10.0. The van der Waals surface area contributed by atoms with Gasteiger partial charge < -0.3 is 10.2 Å². The van der Waals surface area contributed by atoms with Gasteiger partial charge in [-0.2, -0.15) is 0 Å². The minimum atomic E-state index is -0.552. The summed E-state index contributed by atoms with van der Waals surface area (Å²) in [5.74, 6) is -0.674. The summed E-state index contributed by atoms with van der Waals surface area (Å²) in [5, 5.41) is 5.83. The summed E-state index contributed by atoms with van der Waals surface area (Å²) in [6.45, 7) is 3.31. The number of nitrogens with one attached hydrogen (secondary N) is 2. The SMILES string of the molecule is O=C1CCC(N2Cc3cccc(CN(C4CC4)C4CCNC4)c3C2=O)C(=O)N1. The van der Waals surface area contributed by atoms with Crippen LogP contribution in [0.25, 0.3) is 0 Å². The number of imide groups is 1. The molecule has 2 atom stereocenters. The summed E-state index contributed by atoms with van der Waals surface area (Å²) >= 11 is 0. The van der Waals surface area contributed by atoms with Crippen LogP contribution in [0.5, 0.6) is 0 Å². The maximum Gasteiger partial charge on any atom is 0.255 e. The first kappa shape index (κ1) is 17.8. The van der Waals surface area contributed by atoms with E-state index in [1.807, 2.05) is 12.1 Å². The Morgan fingerprint density at radius 3 is 2.64 bits per heavy atom. The van der Waals surface area contributed by atoms with Crippen molar-refractivity contribution in [1.82, 2.24) is 20.4 Å². The Morgan fingerprint density at radius 2 is 1.93 bits per heavy atom. The molecule has 0 aromatic heterocycles. The summed E-state index contributed by atoms with van der Waals surface area (Å²) in [6, 6.07) is 6.68. The Morgan fingerprint density at radius 1 is 1.07 bits per heavy atom. The van der Waals surface area contributed by atoms with Crippen molar-refractivity contribution in [3.63, 3.8) is 0 Å². The van der Waals surface area contributed by atoms with Crippen molar-refractivity contribution in [3.05, 3.63) is 34.9 Å². The van der Waals surface area contributed by atoms with Gasteiger partial charge in [-0.1, -0.05) is 18.2 Å². The standard InChI is InChI=1S/C21H26N4O3/c26-18-7-6-17(20(27)23-18)25-12-14-3-1-2-13(19(14)21(25)28)11-24(15-4-5-15)16-8-9-22-10-16/h1-3,15-17,22H,4-12H2,(H,23,26,27). The molecular weight excluding hydrogens is 356 g/mol. The number of hydrogen-bond donors (Lipinski definition) is 2. The highest BCUT2D eigenvalue weighted by molar-refractivity contribution is 6.05. The molecule has 1 aliphatic carbocycles. The van der Waals surface area contributed by atoms with E-state index in [2.05, 4.69) is 21.6 Å². The summed E-state index contributed by atoms with van der Waals surface area (Å²) in [7, 11) is 0. The number of benzene rings is 1. The van der Waals surface area contributed by atoms with Gasteiger partial charge in [0.05, 0.1) is 0 Å². The molecule has 148 valence electrons. The zero-order valence-electron chi connectivity index (χ0n) is 15.9. The van der Waals surface area contributed by atoms with Gasteiger partial charge in [-0.05, 0) is 43.4 Å². The Hall–Kier alpha value is -2.25. The van der Waals surface area contributed by atoms with Crippen LogP contribution in [-0.2, 0) is 22.7 Å². The second-order valence-electron chi connectivity index (χ2n) is 8.40. The quantitative estimate of drug-likeness (QED) is 0.736. The van der Waals surface area contributed by atoms with E-state index >= 15 is 0 Å². The topological polar surface area (TPSA) is 81.8 Å². The normalized spacial score (nSPS) is 27.5. The molecule has 7 heteroatoms. The van der Waals surface area contributed by atoms with E-state index < -0.39 is 6.04 Å². The highest BCUT2D eigenvalue weighted by Gasteiger charge is 2.41. The molecule has 1 saturated carbocycles. The Balaban J connectivity index is 1.39. The predicted octanol–water partition coefficient (Wildman–Crippen LogP) is 0.774. The minimum absolute atomic E-state index is 0.0691. The highest BCUT2D eigenvalue weighted by Crippen LogP contribution is 2.35. The van der Waals surface area contributed by atoms with Gasteiger partial charge in [-0.15, -0.1) is 0 Å². The lowest BCUT2D eigenvalue weighted by molar-refractivity contribution is -0.136. The van der Waals surface area contributed by atoms with Crippen molar-refractivity contribution in [3.8, 4) is 0 Å². The van der Waals surface area contributed by atoms with Crippen molar-refractivity contribution in [2.24, 2.45) is 0 Å². The Bertz CT molecular complexity index is 829. The van der Waals surface area contributed by atoms with Crippen molar-refractivity contribution in [1.29, 1.82) is 0 Å². The van der Waals surface area contributed by atoms with Crippen LogP contribution >= 0.6 is 0 Å². The van der Waals surface area contributed by atoms with E-state index in [4.69, 9.17) is 0 Å². The van der Waals surface area contributed by atoms with E-state index in [9.17, 15) is 14.4 Å². The molecule has 0 bridgehead atoms. The van der Waals surface area contributed by atoms with Crippen LogP contribution < -0.4 is 10.6 Å². The number of hydrogen-bond acceptors (Lipinski definition) is 5. The van der Waals surface area contributed by atoms with Gasteiger partial charge in [0.2, 0.25) is 11.8 Å². The monoisotopic (exact) mass is 382 g/mol. The summed E-state index contributed by atoms with van der Waals surface area (Å²) in [6.07, 6.45) is 4.32. The van der Waals surface area contributed by atoms with Gasteiger partial charge in [0.25, 0.3) is 5.91 Å². The lowest BCUT2D eigenvalue weighted by Crippen LogP contribution is -2.52. The molecule has 3 aliphatic heterocycles. The zero-order chi connectivity index (χ0) is 19.3. The molecule has 28 heavy (non-hydrogen) atoms. The first-order valence-electron chi connectivity index (χ1n) is 10.3. The highest BCUT2D eigenvalue weighted by atomic mass is 16.2. The predicted molar refractivity (Wildman–Crippen MR) is 102 cm³/mol. The first-order valence-corrected chi connectivity index (χ1v) is 10.3. The summed E-state index contributed by atoms with van der Waals surface area (Å²) in [5.41, 5.74) is 2.83. The molecule has 0 radical (unpaired) electrons. The molecule has 2 saturated heterocycles. The molecule has 5 rings (SSSR count). The molecule has 1 aromatic rings. The number of carbonyl (C=O) groups excluding carboxylic acids is 3. The molecule has 2 N–H and O–H groups in total. The molecule has 3 amide bonds. The average Bonchev–Trinajstić information content (AvgIpc) is 3.26. The van der Waals surface area contributed by atoms with Crippen LogP contribution in [0.3, 0.4) is 0 Å². The maximum atomic E-state index is 13.3. The number of fused-ring (bicyclic) bond motifs is 1. The van der Waals surface area contributed by atoms with Crippen LogP contribution in [0.2, 0.25) is 0 Å². The van der Waals surface area contributed by atoms with Gasteiger partial charge >= 0.3 is 0 Å². The Labute approximate surface area is 164 Å². The number of nitrogens with zero attached hydrogens (tertiary/aromatic N) is 2. The minimum Gasteiger partial charge on any atom is -0.322 e. The first-order chi connectivity index (χ1) is 13.6. The zero-order valence-corrected chi connectivity index (χ0v) is 15.9. The van der Waals surface area contributed by atoms with Crippen LogP contribution in [0.15, 0.2) is 18.2 Å². The van der Waals surface area contributed by atoms with Crippen LogP contribution in [0.1, 0.15) is 53.6 Å². The summed E-state index contributed by atoms with van der Waals surface area (Å²) in [4.78, 5) is 41.2. The van der Waals surface area contributed by atoms with E-state index in [1.54, 1.807) is 4.90 Å². The van der Waals surface area contributed by atoms with E-state index in [1.165, 1.54) is 12.8 Å². The number of piperidine rings is 1. The fourth-order valence-electron chi connectivity index (χ4n) is 4.90. The molecule has 1 aromatic carbocycles. The molecule has 2 unspecified atom stereocenters. The molecule has 7 nitrogen and oxygen atoms in total. The second-order valence-corrected chi connectivity index (χ2v) is 8.40. The van der Waals surface area contributed by atoms with Crippen molar-refractivity contribution < 1.29 is 14.4 Å². The van der Waals surface area contributed by atoms with Crippen molar-refractivity contribution in [2.75, 3.05) is 13.1 Å². The largest absolute Gasteiger partial charge is 0.322 e. The number of carbonyl (C=O) groups is 3. The van der Waals surface area contributed by atoms with Crippen LogP contribution in [0, 0.1) is 0 Å². The van der Waals surface area contributed by atoms with Crippen molar-refractivity contribution in [2.45, 2.75) is 63.3 Å². The fraction of sp³-hybridized carbons (Fsp3) is 0.571. The third-order valence-electron chi connectivity index (χ3n) is 6.51. The molecular formula is C21H26N4O3. The third kappa shape index (κ3) is 3.12. The maximum absolute atomic E-state index is 13.3. The van der Waals surface area contributed by atoms with Gasteiger partial charge in [0, 0.05) is 43.7 Å². The Kier molecular flexibility index (Phi) is 4.44. The average molecular weight is 382 g/mol. The molecule has 3 heterocycles. The van der Waals surface area contributed by atoms with Gasteiger partial charge in [0.15, 0.2) is 0 Å². The number of amides is 3. The molecule has 3 fully saturated rings. The second kappa shape index (κ2) is 6.97. The number of rotatable bonds is 5. The van der Waals surface area contributed by atoms with Crippen LogP contribution in [-0.4, -0.2) is 58.7 Å². The molecule has 4 aliphatic rings. The van der Waals surface area contributed by atoms with E-state index in [0.717, 1.165) is 42.7 Å². The van der Waals surface area contributed by atoms with Crippen molar-refractivity contribution >= 4 is 17.7 Å². The smallest absolute Gasteiger partial charge is 0.255 e. The molecule has 0 spiro atoms. The van der Waals surface area contributed by atoms with E-state index in [0.29, 0.717) is 25.0 Å². The van der Waals surface area contributed by atoms with Gasteiger partial charge in [-0.3, -0.25) is 24.6 Å². The van der Waals surface area contributed by atoms with Gasteiger partial charge in [-0.25, -0.2) is 0 Å². The lowest BCUT2D eigenvalue weighted by Gasteiger charge is -2.30. The van der Waals surface area contributed by atoms with Crippen LogP contribution in [0.4, 0.5) is 0 Å². The fourth-order valence-corrected chi connectivity index (χ4v) is 4.90.